The number of hydrogen-bond donors (Lipinski definition) is 1. The molecule has 6 heteroatoms. The van der Waals surface area contributed by atoms with Gasteiger partial charge in [-0.05, 0) is 38.5 Å². The van der Waals surface area contributed by atoms with Gasteiger partial charge in [-0.25, -0.2) is 13.4 Å². The standard InChI is InChI=1S/C16H20N2O3S/c1-4-11-22(20,21)16(2,3)15(19)18-14-10-9-12-7-5-6-8-13(12)17-14/h5-10H,4,11H2,1-3H3,(H,17,18,19). The summed E-state index contributed by atoms with van der Waals surface area (Å²) in [5, 5.41) is 3.57. The average molecular weight is 320 g/mol. The molecule has 0 bridgehead atoms. The zero-order chi connectivity index (χ0) is 16.4. The van der Waals surface area contributed by atoms with E-state index >= 15 is 0 Å². The number of para-hydroxylation sites is 1. The van der Waals surface area contributed by atoms with Gasteiger partial charge in [0.15, 0.2) is 9.84 Å². The molecule has 1 N–H and O–H groups in total. The lowest BCUT2D eigenvalue weighted by Crippen LogP contribution is -2.45. The van der Waals surface area contributed by atoms with Crippen LogP contribution in [0.4, 0.5) is 5.82 Å². The second kappa shape index (κ2) is 6.04. The van der Waals surface area contributed by atoms with Crippen LogP contribution in [0.15, 0.2) is 36.4 Å². The summed E-state index contributed by atoms with van der Waals surface area (Å²) in [6.45, 7) is 4.62. The Hall–Kier alpha value is -1.95. The monoisotopic (exact) mass is 320 g/mol. The van der Waals surface area contributed by atoms with E-state index in [2.05, 4.69) is 10.3 Å². The predicted octanol–water partition coefficient (Wildman–Crippen LogP) is 2.78. The largest absolute Gasteiger partial charge is 0.309 e. The summed E-state index contributed by atoms with van der Waals surface area (Å²) in [5.74, 6) is -0.231. The molecular formula is C16H20N2O3S. The van der Waals surface area contributed by atoms with E-state index in [9.17, 15) is 13.2 Å². The first-order chi connectivity index (χ1) is 10.3. The fraction of sp³-hybridized carbons (Fsp3) is 0.375. The van der Waals surface area contributed by atoms with Crippen molar-refractivity contribution in [2.75, 3.05) is 11.1 Å². The lowest BCUT2D eigenvalue weighted by Gasteiger charge is -2.23. The fourth-order valence-electron chi connectivity index (χ4n) is 2.07. The van der Waals surface area contributed by atoms with Crippen LogP contribution in [0, 0.1) is 0 Å². The highest BCUT2D eigenvalue weighted by Crippen LogP contribution is 2.21. The van der Waals surface area contributed by atoms with Gasteiger partial charge in [-0.1, -0.05) is 25.1 Å². The minimum Gasteiger partial charge on any atom is -0.309 e. The van der Waals surface area contributed by atoms with Gasteiger partial charge in [0.1, 0.15) is 10.6 Å². The normalized spacial score (nSPS) is 12.3. The number of carbonyl (C=O) groups is 1. The van der Waals surface area contributed by atoms with Gasteiger partial charge in [0.05, 0.1) is 11.3 Å². The van der Waals surface area contributed by atoms with E-state index in [1.165, 1.54) is 13.8 Å². The maximum atomic E-state index is 12.4. The third kappa shape index (κ3) is 3.11. The van der Waals surface area contributed by atoms with Crippen molar-refractivity contribution in [1.29, 1.82) is 0 Å². The van der Waals surface area contributed by atoms with Crippen LogP contribution in [0.1, 0.15) is 27.2 Å². The van der Waals surface area contributed by atoms with Crippen molar-refractivity contribution in [3.63, 3.8) is 0 Å². The molecule has 0 spiro atoms. The van der Waals surface area contributed by atoms with E-state index < -0.39 is 20.5 Å². The molecule has 0 radical (unpaired) electrons. The van der Waals surface area contributed by atoms with Crippen molar-refractivity contribution in [2.45, 2.75) is 31.9 Å². The first-order valence-corrected chi connectivity index (χ1v) is 8.82. The lowest BCUT2D eigenvalue weighted by molar-refractivity contribution is -0.117. The third-order valence-electron chi connectivity index (χ3n) is 3.64. The van der Waals surface area contributed by atoms with E-state index in [1.54, 1.807) is 13.0 Å². The summed E-state index contributed by atoms with van der Waals surface area (Å²) in [5.41, 5.74) is 0.745. The van der Waals surface area contributed by atoms with Crippen molar-refractivity contribution in [2.24, 2.45) is 0 Å². The van der Waals surface area contributed by atoms with Crippen molar-refractivity contribution >= 4 is 32.5 Å². The van der Waals surface area contributed by atoms with Gasteiger partial charge >= 0.3 is 0 Å². The van der Waals surface area contributed by atoms with Gasteiger partial charge in [-0.3, -0.25) is 4.79 Å². The van der Waals surface area contributed by atoms with Crippen molar-refractivity contribution in [3.8, 4) is 0 Å². The van der Waals surface area contributed by atoms with E-state index in [4.69, 9.17) is 0 Å². The average Bonchev–Trinajstić information content (AvgIpc) is 2.46. The quantitative estimate of drug-likeness (QED) is 0.919. The third-order valence-corrected chi connectivity index (χ3v) is 6.32. The van der Waals surface area contributed by atoms with E-state index in [0.29, 0.717) is 12.2 Å². The Morgan fingerprint density at radius 1 is 1.18 bits per heavy atom. The smallest absolute Gasteiger partial charge is 0.246 e. The molecule has 0 unspecified atom stereocenters. The van der Waals surface area contributed by atoms with Crippen LogP contribution in [-0.2, 0) is 14.6 Å². The van der Waals surface area contributed by atoms with E-state index in [-0.39, 0.29) is 5.75 Å². The molecule has 0 aliphatic rings. The molecule has 22 heavy (non-hydrogen) atoms. The SMILES string of the molecule is CCCS(=O)(=O)C(C)(C)C(=O)Nc1ccc2ccccc2n1. The van der Waals surface area contributed by atoms with Gasteiger partial charge in [-0.15, -0.1) is 0 Å². The van der Waals surface area contributed by atoms with Crippen LogP contribution >= 0.6 is 0 Å². The fourth-order valence-corrected chi connectivity index (χ4v) is 3.45. The maximum absolute atomic E-state index is 12.4. The zero-order valence-electron chi connectivity index (χ0n) is 13.0. The van der Waals surface area contributed by atoms with Gasteiger partial charge in [0.2, 0.25) is 5.91 Å². The number of nitrogens with zero attached hydrogens (tertiary/aromatic N) is 1. The first-order valence-electron chi connectivity index (χ1n) is 7.17. The highest BCUT2D eigenvalue weighted by Gasteiger charge is 2.41. The molecule has 1 aromatic heterocycles. The van der Waals surface area contributed by atoms with Crippen LogP contribution in [-0.4, -0.2) is 29.8 Å². The maximum Gasteiger partial charge on any atom is 0.246 e. The Balaban J connectivity index is 2.26. The Morgan fingerprint density at radius 3 is 2.55 bits per heavy atom. The molecule has 0 aliphatic carbocycles. The molecule has 0 fully saturated rings. The number of fused-ring (bicyclic) bond motifs is 1. The van der Waals surface area contributed by atoms with Crippen molar-refractivity contribution < 1.29 is 13.2 Å². The summed E-state index contributed by atoms with van der Waals surface area (Å²) < 4.78 is 22.9. The van der Waals surface area contributed by atoms with Crippen LogP contribution < -0.4 is 5.32 Å². The summed E-state index contributed by atoms with van der Waals surface area (Å²) in [7, 11) is -3.51. The van der Waals surface area contributed by atoms with Gasteiger partial charge < -0.3 is 5.32 Å². The predicted molar refractivity (Wildman–Crippen MR) is 88.5 cm³/mol. The Morgan fingerprint density at radius 2 is 1.86 bits per heavy atom. The molecule has 0 saturated heterocycles. The second-order valence-electron chi connectivity index (χ2n) is 5.67. The number of benzene rings is 1. The van der Waals surface area contributed by atoms with Gasteiger partial charge in [0, 0.05) is 5.39 Å². The number of nitrogens with one attached hydrogen (secondary N) is 1. The molecule has 1 aromatic carbocycles. The number of aromatic nitrogens is 1. The minimum absolute atomic E-state index is 0.0153. The minimum atomic E-state index is -3.51. The number of hydrogen-bond acceptors (Lipinski definition) is 4. The van der Waals surface area contributed by atoms with Gasteiger partial charge in [-0.2, -0.15) is 0 Å². The van der Waals surface area contributed by atoms with Crippen LogP contribution in [0.2, 0.25) is 0 Å². The lowest BCUT2D eigenvalue weighted by atomic mass is 10.2. The molecule has 2 aromatic rings. The highest BCUT2D eigenvalue weighted by molar-refractivity contribution is 7.93. The number of rotatable bonds is 5. The molecule has 2 rings (SSSR count). The Bertz CT molecular complexity index is 798. The van der Waals surface area contributed by atoms with Gasteiger partial charge in [0.25, 0.3) is 0 Å². The topological polar surface area (TPSA) is 76.1 Å². The second-order valence-corrected chi connectivity index (χ2v) is 8.33. The van der Waals surface area contributed by atoms with Crippen LogP contribution in [0.5, 0.6) is 0 Å². The number of sulfone groups is 1. The van der Waals surface area contributed by atoms with E-state index in [0.717, 1.165) is 10.9 Å². The summed E-state index contributed by atoms with van der Waals surface area (Å²) in [6, 6.07) is 11.0. The molecule has 1 heterocycles. The summed E-state index contributed by atoms with van der Waals surface area (Å²) in [6.07, 6.45) is 0.479. The van der Waals surface area contributed by atoms with Crippen LogP contribution in [0.25, 0.3) is 10.9 Å². The van der Waals surface area contributed by atoms with E-state index in [1.807, 2.05) is 30.3 Å². The number of carbonyl (C=O) groups excluding carboxylic acids is 1. The molecule has 118 valence electrons. The number of pyridine rings is 1. The number of amides is 1. The molecule has 1 amide bonds. The molecule has 5 nitrogen and oxygen atoms in total. The van der Waals surface area contributed by atoms with Crippen LogP contribution in [0.3, 0.4) is 0 Å². The van der Waals surface area contributed by atoms with Crippen molar-refractivity contribution in [3.05, 3.63) is 36.4 Å². The molecule has 0 saturated carbocycles. The molecule has 0 atom stereocenters. The summed E-state index contributed by atoms with van der Waals surface area (Å²) in [4.78, 5) is 16.7. The summed E-state index contributed by atoms with van der Waals surface area (Å²) >= 11 is 0. The molecular weight excluding hydrogens is 300 g/mol. The molecule has 0 aliphatic heterocycles. The zero-order valence-corrected chi connectivity index (χ0v) is 13.8. The Labute approximate surface area is 130 Å². The number of anilines is 1. The Kier molecular flexibility index (Phi) is 4.51. The first kappa shape index (κ1) is 16.4. The van der Waals surface area contributed by atoms with Crippen molar-refractivity contribution in [1.82, 2.24) is 4.98 Å². The highest BCUT2D eigenvalue weighted by atomic mass is 32.2.